The molecule has 92 valence electrons. The van der Waals surface area contributed by atoms with Gasteiger partial charge in [0.05, 0.1) is 23.4 Å². The van der Waals surface area contributed by atoms with E-state index in [-0.39, 0.29) is 5.28 Å². The van der Waals surface area contributed by atoms with E-state index in [1.54, 1.807) is 6.07 Å². The zero-order valence-corrected chi connectivity index (χ0v) is 11.0. The van der Waals surface area contributed by atoms with Gasteiger partial charge >= 0.3 is 0 Å². The first kappa shape index (κ1) is 11.7. The van der Waals surface area contributed by atoms with Crippen LogP contribution in [0.1, 0.15) is 4.88 Å². The first-order valence-corrected chi connectivity index (χ1v) is 6.67. The molecule has 2 aromatic rings. The second kappa shape index (κ2) is 4.69. The molecule has 5 nitrogen and oxygen atoms in total. The summed E-state index contributed by atoms with van der Waals surface area (Å²) in [5.74, 6) is 0.805. The summed E-state index contributed by atoms with van der Waals surface area (Å²) in [6.07, 6.45) is 0. The van der Waals surface area contributed by atoms with E-state index in [0.717, 1.165) is 29.1 Å². The zero-order valence-electron chi connectivity index (χ0n) is 9.39. The Morgan fingerprint density at radius 2 is 2.17 bits per heavy atom. The highest BCUT2D eigenvalue weighted by Gasteiger charge is 2.18. The maximum absolute atomic E-state index is 8.95. The van der Waals surface area contributed by atoms with E-state index in [1.165, 1.54) is 11.3 Å². The predicted molar refractivity (Wildman–Crippen MR) is 70.2 cm³/mol. The van der Waals surface area contributed by atoms with Crippen molar-refractivity contribution in [1.29, 1.82) is 5.26 Å². The van der Waals surface area contributed by atoms with Gasteiger partial charge in [-0.1, -0.05) is 0 Å². The van der Waals surface area contributed by atoms with Crippen LogP contribution < -0.4 is 4.90 Å². The molecule has 0 radical (unpaired) electrons. The fourth-order valence-corrected chi connectivity index (χ4v) is 3.01. The fourth-order valence-electron chi connectivity index (χ4n) is 1.93. The third-order valence-corrected chi connectivity index (χ3v) is 3.94. The highest BCUT2D eigenvalue weighted by atomic mass is 35.5. The van der Waals surface area contributed by atoms with Crippen molar-refractivity contribution in [3.63, 3.8) is 0 Å². The molecule has 0 spiro atoms. The summed E-state index contributed by atoms with van der Waals surface area (Å²) in [5, 5.41) is 9.17. The lowest BCUT2D eigenvalue weighted by molar-refractivity contribution is 0.122. The summed E-state index contributed by atoms with van der Waals surface area (Å²) in [4.78, 5) is 11.2. The van der Waals surface area contributed by atoms with Crippen LogP contribution in [-0.2, 0) is 4.74 Å². The summed E-state index contributed by atoms with van der Waals surface area (Å²) in [6.45, 7) is 2.92. The lowest BCUT2D eigenvalue weighted by atomic mass is 10.3. The van der Waals surface area contributed by atoms with Crippen LogP contribution in [0.3, 0.4) is 0 Å². The summed E-state index contributed by atoms with van der Waals surface area (Å²) < 4.78 is 6.24. The van der Waals surface area contributed by atoms with Crippen molar-refractivity contribution in [1.82, 2.24) is 9.97 Å². The van der Waals surface area contributed by atoms with Crippen LogP contribution in [0.2, 0.25) is 5.28 Å². The van der Waals surface area contributed by atoms with Gasteiger partial charge in [-0.25, -0.2) is 4.98 Å². The Balaban J connectivity index is 2.14. The average molecular weight is 281 g/mol. The molecule has 3 rings (SSSR count). The second-order valence-corrected chi connectivity index (χ2v) is 5.24. The summed E-state index contributed by atoms with van der Waals surface area (Å²) >= 11 is 7.34. The normalized spacial score (nSPS) is 15.9. The largest absolute Gasteiger partial charge is 0.378 e. The van der Waals surface area contributed by atoms with Gasteiger partial charge in [0.2, 0.25) is 5.28 Å². The van der Waals surface area contributed by atoms with Gasteiger partial charge in [0.15, 0.2) is 5.82 Å². The van der Waals surface area contributed by atoms with Crippen molar-refractivity contribution in [2.45, 2.75) is 0 Å². The molecule has 0 N–H and O–H groups in total. The van der Waals surface area contributed by atoms with Crippen LogP contribution in [0.15, 0.2) is 6.07 Å². The number of anilines is 1. The number of ether oxygens (including phenoxy) is 1. The lowest BCUT2D eigenvalue weighted by Crippen LogP contribution is -2.36. The Morgan fingerprint density at radius 1 is 1.39 bits per heavy atom. The maximum atomic E-state index is 8.95. The van der Waals surface area contributed by atoms with Crippen LogP contribution in [0.5, 0.6) is 0 Å². The molecular weight excluding hydrogens is 272 g/mol. The first-order valence-electron chi connectivity index (χ1n) is 5.48. The van der Waals surface area contributed by atoms with Crippen LogP contribution in [0.4, 0.5) is 5.82 Å². The van der Waals surface area contributed by atoms with Crippen molar-refractivity contribution in [2.24, 2.45) is 0 Å². The summed E-state index contributed by atoms with van der Waals surface area (Å²) in [6, 6.07) is 3.88. The van der Waals surface area contributed by atoms with E-state index in [2.05, 4.69) is 20.9 Å². The molecule has 0 aromatic carbocycles. The number of hydrogen-bond acceptors (Lipinski definition) is 6. The molecule has 0 atom stereocenters. The van der Waals surface area contributed by atoms with E-state index in [4.69, 9.17) is 21.6 Å². The van der Waals surface area contributed by atoms with Gasteiger partial charge < -0.3 is 9.64 Å². The maximum Gasteiger partial charge on any atom is 0.224 e. The standard InChI is InChI=1S/C11H9ClN4OS/c12-11-14-8-5-7(6-13)18-9(8)10(15-11)16-1-3-17-4-2-16/h5H,1-4H2. The highest BCUT2D eigenvalue weighted by Crippen LogP contribution is 2.32. The van der Waals surface area contributed by atoms with E-state index in [9.17, 15) is 0 Å². The number of nitrogens with zero attached hydrogens (tertiary/aromatic N) is 4. The number of halogens is 1. The van der Waals surface area contributed by atoms with Gasteiger partial charge in [-0.2, -0.15) is 10.2 Å². The van der Waals surface area contributed by atoms with E-state index in [0.29, 0.717) is 18.1 Å². The molecular formula is C11H9ClN4OS. The van der Waals surface area contributed by atoms with Crippen molar-refractivity contribution in [3.8, 4) is 6.07 Å². The number of nitriles is 1. The Kier molecular flexibility index (Phi) is 3.04. The number of thiophene rings is 1. The predicted octanol–water partition coefficient (Wildman–Crippen LogP) is 2.05. The third kappa shape index (κ3) is 2.01. The van der Waals surface area contributed by atoms with Crippen LogP contribution >= 0.6 is 22.9 Å². The van der Waals surface area contributed by atoms with Crippen molar-refractivity contribution >= 4 is 39.0 Å². The zero-order chi connectivity index (χ0) is 12.5. The van der Waals surface area contributed by atoms with E-state index < -0.39 is 0 Å². The van der Waals surface area contributed by atoms with E-state index >= 15 is 0 Å². The Hall–Kier alpha value is -1.42. The van der Waals surface area contributed by atoms with E-state index in [1.807, 2.05) is 0 Å². The molecule has 7 heteroatoms. The molecule has 0 unspecified atom stereocenters. The Labute approximate surface area is 113 Å². The van der Waals surface area contributed by atoms with Gasteiger partial charge in [0.1, 0.15) is 10.9 Å². The lowest BCUT2D eigenvalue weighted by Gasteiger charge is -2.28. The Bertz CT molecular complexity index is 630. The molecule has 2 aromatic heterocycles. The highest BCUT2D eigenvalue weighted by molar-refractivity contribution is 7.20. The van der Waals surface area contributed by atoms with Gasteiger partial charge in [0, 0.05) is 13.1 Å². The third-order valence-electron chi connectivity index (χ3n) is 2.75. The van der Waals surface area contributed by atoms with Crippen LogP contribution in [0, 0.1) is 11.3 Å². The van der Waals surface area contributed by atoms with Crippen LogP contribution in [0.25, 0.3) is 10.2 Å². The minimum atomic E-state index is 0.214. The quantitative estimate of drug-likeness (QED) is 0.748. The molecule has 1 aliphatic rings. The van der Waals surface area contributed by atoms with Gasteiger partial charge in [-0.3, -0.25) is 0 Å². The summed E-state index contributed by atoms with van der Waals surface area (Å²) in [7, 11) is 0. The molecule has 0 saturated carbocycles. The number of rotatable bonds is 1. The number of morpholine rings is 1. The smallest absolute Gasteiger partial charge is 0.224 e. The molecule has 0 amide bonds. The van der Waals surface area contributed by atoms with Crippen molar-refractivity contribution in [3.05, 3.63) is 16.2 Å². The van der Waals surface area contributed by atoms with Gasteiger partial charge in [-0.15, -0.1) is 11.3 Å². The van der Waals surface area contributed by atoms with Gasteiger partial charge in [-0.05, 0) is 17.7 Å². The van der Waals surface area contributed by atoms with Crippen molar-refractivity contribution < 1.29 is 4.74 Å². The molecule has 1 fully saturated rings. The average Bonchev–Trinajstić information content (AvgIpc) is 2.81. The monoisotopic (exact) mass is 280 g/mol. The summed E-state index contributed by atoms with van der Waals surface area (Å²) in [5.41, 5.74) is 0.734. The first-order chi connectivity index (χ1) is 8.78. The minimum absolute atomic E-state index is 0.214. The molecule has 0 aliphatic carbocycles. The minimum Gasteiger partial charge on any atom is -0.378 e. The molecule has 1 saturated heterocycles. The molecule has 0 bridgehead atoms. The van der Waals surface area contributed by atoms with Crippen LogP contribution in [-0.4, -0.2) is 36.3 Å². The topological polar surface area (TPSA) is 62.0 Å². The second-order valence-electron chi connectivity index (χ2n) is 3.85. The number of hydrogen-bond donors (Lipinski definition) is 0. The number of aromatic nitrogens is 2. The van der Waals surface area contributed by atoms with Gasteiger partial charge in [0.25, 0.3) is 0 Å². The fraction of sp³-hybridized carbons (Fsp3) is 0.364. The molecule has 3 heterocycles. The number of fused-ring (bicyclic) bond motifs is 1. The SMILES string of the molecule is N#Cc1cc2nc(Cl)nc(N3CCOCC3)c2s1. The molecule has 18 heavy (non-hydrogen) atoms. The van der Waals surface area contributed by atoms with Crippen molar-refractivity contribution in [2.75, 3.05) is 31.2 Å². The molecule has 1 aliphatic heterocycles. The Morgan fingerprint density at radius 3 is 2.89 bits per heavy atom.